The van der Waals surface area contributed by atoms with Crippen LogP contribution in [0.15, 0.2) is 35.2 Å². The van der Waals surface area contributed by atoms with E-state index in [2.05, 4.69) is 0 Å². The van der Waals surface area contributed by atoms with Crippen LogP contribution in [0.4, 0.5) is 23.7 Å². The van der Waals surface area contributed by atoms with E-state index < -0.39 is 50.4 Å². The first kappa shape index (κ1) is 21.9. The van der Waals surface area contributed by atoms with Crippen LogP contribution in [-0.4, -0.2) is 37.9 Å². The molecule has 2 heterocycles. The van der Waals surface area contributed by atoms with Gasteiger partial charge in [-0.3, -0.25) is 4.90 Å². The zero-order valence-corrected chi connectivity index (χ0v) is 17.7. The number of para-hydroxylation sites is 1. The molecule has 166 valence electrons. The van der Waals surface area contributed by atoms with E-state index in [9.17, 15) is 26.4 Å². The Balaban J connectivity index is 1.57. The molecule has 0 aromatic heterocycles. The summed E-state index contributed by atoms with van der Waals surface area (Å²) in [6.45, 7) is -0.796. The molecule has 4 rings (SSSR count). The molecular formula is C20H18ClF3N2O4S. The van der Waals surface area contributed by atoms with Crippen LogP contribution < -0.4 is 4.90 Å². The zero-order valence-electron chi connectivity index (χ0n) is 16.2. The lowest BCUT2D eigenvalue weighted by Gasteiger charge is -2.40. The maximum Gasteiger partial charge on any atom is 0.414 e. The van der Waals surface area contributed by atoms with Crippen molar-refractivity contribution in [1.82, 2.24) is 4.31 Å². The molecule has 0 bridgehead atoms. The molecule has 1 saturated heterocycles. The second-order valence-corrected chi connectivity index (χ2v) is 9.63. The highest BCUT2D eigenvalue weighted by Gasteiger charge is 2.38. The molecule has 0 atom stereocenters. The van der Waals surface area contributed by atoms with Crippen LogP contribution in [0.1, 0.15) is 24.0 Å². The molecule has 0 aliphatic carbocycles. The third kappa shape index (κ3) is 3.88. The number of sulfonamides is 1. The van der Waals surface area contributed by atoms with Crippen LogP contribution in [0.25, 0.3) is 0 Å². The Kier molecular flexibility index (Phi) is 5.89. The Morgan fingerprint density at radius 2 is 1.84 bits per heavy atom. The lowest BCUT2D eigenvalue weighted by molar-refractivity contribution is 0.135. The number of anilines is 1. The van der Waals surface area contributed by atoms with Crippen LogP contribution in [0.5, 0.6) is 0 Å². The third-order valence-corrected chi connectivity index (χ3v) is 7.72. The molecule has 0 spiro atoms. The summed E-state index contributed by atoms with van der Waals surface area (Å²) >= 11 is 5.51. The fraction of sp³-hybridized carbons (Fsp3) is 0.350. The van der Waals surface area contributed by atoms with Crippen molar-refractivity contribution >= 4 is 33.4 Å². The van der Waals surface area contributed by atoms with E-state index >= 15 is 0 Å². The summed E-state index contributed by atoms with van der Waals surface area (Å²) in [6, 6.07) is 5.76. The second kappa shape index (κ2) is 8.33. The summed E-state index contributed by atoms with van der Waals surface area (Å²) in [7, 11) is -4.31. The second-order valence-electron chi connectivity index (χ2n) is 7.32. The number of cyclic esters (lactones) is 1. The van der Waals surface area contributed by atoms with Gasteiger partial charge in [-0.25, -0.2) is 26.4 Å². The first-order chi connectivity index (χ1) is 14.7. The van der Waals surface area contributed by atoms with Crippen molar-refractivity contribution < 1.29 is 31.1 Å². The Hall–Kier alpha value is -2.30. The molecule has 2 aliphatic heterocycles. The average molecular weight is 475 g/mol. The van der Waals surface area contributed by atoms with E-state index in [0.29, 0.717) is 28.9 Å². The van der Waals surface area contributed by atoms with Gasteiger partial charge in [-0.1, -0.05) is 29.8 Å². The number of rotatable bonds is 4. The van der Waals surface area contributed by atoms with Gasteiger partial charge in [-0.2, -0.15) is 4.31 Å². The lowest BCUT2D eigenvalue weighted by Crippen LogP contribution is -2.50. The number of nitrogens with zero attached hydrogens (tertiary/aromatic N) is 2. The fourth-order valence-corrected chi connectivity index (χ4v) is 5.67. The van der Waals surface area contributed by atoms with Gasteiger partial charge in [-0.15, -0.1) is 0 Å². The number of carbonyl (C=O) groups is 1. The molecule has 0 saturated carbocycles. The van der Waals surface area contributed by atoms with E-state index in [1.54, 1.807) is 18.2 Å². The third-order valence-electron chi connectivity index (χ3n) is 5.52. The molecule has 2 aromatic rings. The summed E-state index contributed by atoms with van der Waals surface area (Å²) in [4.78, 5) is 13.1. The summed E-state index contributed by atoms with van der Waals surface area (Å²) in [5, 5.41) is -0.513. The van der Waals surface area contributed by atoms with Crippen LogP contribution in [0.3, 0.4) is 0 Å². The minimum atomic E-state index is -4.31. The molecule has 31 heavy (non-hydrogen) atoms. The number of hydrogen-bond donors (Lipinski definition) is 0. The number of amides is 1. The van der Waals surface area contributed by atoms with Crippen LogP contribution in [0.2, 0.25) is 5.02 Å². The van der Waals surface area contributed by atoms with Crippen molar-refractivity contribution in [3.8, 4) is 0 Å². The van der Waals surface area contributed by atoms with Gasteiger partial charge in [0, 0.05) is 30.3 Å². The van der Waals surface area contributed by atoms with Gasteiger partial charge in [-0.05, 0) is 25.0 Å². The summed E-state index contributed by atoms with van der Waals surface area (Å²) in [5.74, 6) is -2.18. The molecule has 2 aromatic carbocycles. The highest BCUT2D eigenvalue weighted by atomic mass is 35.5. The van der Waals surface area contributed by atoms with Gasteiger partial charge in [0.2, 0.25) is 10.0 Å². The lowest BCUT2D eigenvalue weighted by atomic mass is 9.99. The van der Waals surface area contributed by atoms with Gasteiger partial charge in [0.25, 0.3) is 0 Å². The molecular weight excluding hydrogens is 457 g/mol. The van der Waals surface area contributed by atoms with E-state index in [-0.39, 0.29) is 32.5 Å². The van der Waals surface area contributed by atoms with E-state index in [1.807, 2.05) is 0 Å². The van der Waals surface area contributed by atoms with Gasteiger partial charge in [0.1, 0.15) is 29.8 Å². The van der Waals surface area contributed by atoms with Crippen molar-refractivity contribution in [3.05, 3.63) is 58.1 Å². The molecule has 2 aliphatic rings. The molecule has 11 heteroatoms. The van der Waals surface area contributed by atoms with E-state index in [0.717, 1.165) is 4.31 Å². The van der Waals surface area contributed by atoms with Crippen LogP contribution in [-0.2, 0) is 28.0 Å². The molecule has 0 N–H and O–H groups in total. The average Bonchev–Trinajstić information content (AvgIpc) is 2.75. The number of piperidine rings is 1. The number of hydrogen-bond acceptors (Lipinski definition) is 4. The first-order valence-electron chi connectivity index (χ1n) is 9.51. The van der Waals surface area contributed by atoms with E-state index in [1.165, 1.54) is 4.90 Å². The number of carbonyl (C=O) groups excluding carboxylic acids is 1. The number of halogens is 4. The molecule has 0 radical (unpaired) electrons. The molecule has 0 unspecified atom stereocenters. The largest absolute Gasteiger partial charge is 0.444 e. The molecule has 1 fully saturated rings. The van der Waals surface area contributed by atoms with Crippen molar-refractivity contribution in [1.29, 1.82) is 0 Å². The Bertz CT molecular complexity index is 1120. The fourth-order valence-electron chi connectivity index (χ4n) is 3.99. The summed E-state index contributed by atoms with van der Waals surface area (Å²) < 4.78 is 73.4. The number of fused-ring (bicyclic) bond motifs is 1. The zero-order chi connectivity index (χ0) is 22.3. The number of ether oxygens (including phenoxy) is 1. The maximum absolute atomic E-state index is 14.2. The number of alkyl halides is 1. The van der Waals surface area contributed by atoms with Crippen molar-refractivity contribution in [3.63, 3.8) is 0 Å². The minimum Gasteiger partial charge on any atom is -0.444 e. The standard InChI is InChI=1S/C20H18ClF3N2O4S/c21-15-8-17(24)18(9-16(15)23)31(28,29)25-6-4-14(5-7-25)26-19-12(10-22)2-1-3-13(19)11-30-20(26)27/h1-3,8-9,14H,4-7,10-11H2. The highest BCUT2D eigenvalue weighted by Crippen LogP contribution is 2.36. The summed E-state index contributed by atoms with van der Waals surface area (Å²) in [5.41, 5.74) is 1.47. The van der Waals surface area contributed by atoms with Crippen molar-refractivity contribution in [2.45, 2.75) is 37.1 Å². The monoisotopic (exact) mass is 474 g/mol. The van der Waals surface area contributed by atoms with Crippen molar-refractivity contribution in [2.75, 3.05) is 18.0 Å². The van der Waals surface area contributed by atoms with Gasteiger partial charge < -0.3 is 4.74 Å². The maximum atomic E-state index is 14.2. The van der Waals surface area contributed by atoms with Crippen LogP contribution >= 0.6 is 11.6 Å². The SMILES string of the molecule is O=C1OCc2cccc(CF)c2N1C1CCN(S(=O)(=O)c2cc(F)c(Cl)cc2F)CC1. The van der Waals surface area contributed by atoms with Crippen molar-refractivity contribution in [2.24, 2.45) is 0 Å². The van der Waals surface area contributed by atoms with Gasteiger partial charge >= 0.3 is 6.09 Å². The Morgan fingerprint density at radius 1 is 1.13 bits per heavy atom. The van der Waals surface area contributed by atoms with E-state index in [4.69, 9.17) is 16.3 Å². The predicted molar refractivity (Wildman–Crippen MR) is 107 cm³/mol. The van der Waals surface area contributed by atoms with Gasteiger partial charge in [0.15, 0.2) is 0 Å². The summed E-state index contributed by atoms with van der Waals surface area (Å²) in [6.07, 6.45) is -0.196. The molecule has 6 nitrogen and oxygen atoms in total. The highest BCUT2D eigenvalue weighted by molar-refractivity contribution is 7.89. The first-order valence-corrected chi connectivity index (χ1v) is 11.3. The van der Waals surface area contributed by atoms with Crippen LogP contribution in [0, 0.1) is 11.6 Å². The van der Waals surface area contributed by atoms with Gasteiger partial charge in [0.05, 0.1) is 10.7 Å². The smallest absolute Gasteiger partial charge is 0.414 e. The topological polar surface area (TPSA) is 66.9 Å². The Morgan fingerprint density at radius 3 is 2.52 bits per heavy atom. The molecule has 1 amide bonds. The quantitative estimate of drug-likeness (QED) is 0.616. The Labute approximate surface area is 182 Å². The number of benzene rings is 2. The normalized spacial score (nSPS) is 18.1. The minimum absolute atomic E-state index is 0.0341. The predicted octanol–water partition coefficient (Wildman–Crippen LogP) is 4.40.